The van der Waals surface area contributed by atoms with Gasteiger partial charge < -0.3 is 10.6 Å². The van der Waals surface area contributed by atoms with Crippen LogP contribution in [0.25, 0.3) is 0 Å². The summed E-state index contributed by atoms with van der Waals surface area (Å²) < 4.78 is 0. The predicted octanol–water partition coefficient (Wildman–Crippen LogP) is 1.43. The van der Waals surface area contributed by atoms with Crippen molar-refractivity contribution in [2.24, 2.45) is 5.73 Å². The summed E-state index contributed by atoms with van der Waals surface area (Å²) in [5, 5.41) is 2.95. The Morgan fingerprint density at radius 2 is 2.29 bits per heavy atom. The van der Waals surface area contributed by atoms with Crippen LogP contribution >= 0.6 is 11.3 Å². The second-order valence-corrected chi connectivity index (χ2v) is 5.55. The molecule has 1 amide bonds. The van der Waals surface area contributed by atoms with Gasteiger partial charge in [-0.3, -0.25) is 9.78 Å². The maximum Gasteiger partial charge on any atom is 0.255 e. The second kappa shape index (κ2) is 6.97. The summed E-state index contributed by atoms with van der Waals surface area (Å²) in [5.74, 6) is 5.51. The summed E-state index contributed by atoms with van der Waals surface area (Å²) in [6.07, 6.45) is 3.15. The van der Waals surface area contributed by atoms with Gasteiger partial charge >= 0.3 is 0 Å². The highest BCUT2D eigenvalue weighted by atomic mass is 32.1. The fourth-order valence-electron chi connectivity index (χ4n) is 1.79. The van der Waals surface area contributed by atoms with Crippen LogP contribution in [0.2, 0.25) is 0 Å². The number of aromatic nitrogens is 2. The van der Waals surface area contributed by atoms with E-state index in [2.05, 4.69) is 21.8 Å². The minimum atomic E-state index is -0.107. The van der Waals surface area contributed by atoms with E-state index in [0.717, 1.165) is 10.7 Å². The summed E-state index contributed by atoms with van der Waals surface area (Å²) in [6, 6.07) is 1.72. The normalized spacial score (nSPS) is 9.86. The molecule has 2 aromatic rings. The Labute approximate surface area is 127 Å². The number of pyridine rings is 1. The Morgan fingerprint density at radius 1 is 1.48 bits per heavy atom. The van der Waals surface area contributed by atoms with E-state index >= 15 is 0 Å². The van der Waals surface area contributed by atoms with Crippen molar-refractivity contribution in [3.63, 3.8) is 0 Å². The van der Waals surface area contributed by atoms with Gasteiger partial charge in [0.15, 0.2) is 0 Å². The molecule has 0 fully saturated rings. The van der Waals surface area contributed by atoms with E-state index in [1.54, 1.807) is 41.7 Å². The van der Waals surface area contributed by atoms with Crippen molar-refractivity contribution in [1.29, 1.82) is 0 Å². The van der Waals surface area contributed by atoms with Crippen LogP contribution in [-0.4, -0.2) is 34.4 Å². The fourth-order valence-corrected chi connectivity index (χ4v) is 2.40. The molecule has 0 bridgehead atoms. The number of hydrogen-bond acceptors (Lipinski definition) is 5. The molecule has 6 heteroatoms. The Hall–Kier alpha value is -2.23. The maximum absolute atomic E-state index is 12.4. The van der Waals surface area contributed by atoms with Crippen molar-refractivity contribution in [2.45, 2.75) is 13.5 Å². The fraction of sp³-hybridized carbons (Fsp3) is 0.267. The highest BCUT2D eigenvalue weighted by Gasteiger charge is 2.14. The van der Waals surface area contributed by atoms with Gasteiger partial charge in [-0.25, -0.2) is 4.98 Å². The zero-order valence-corrected chi connectivity index (χ0v) is 12.8. The van der Waals surface area contributed by atoms with E-state index in [9.17, 15) is 4.79 Å². The van der Waals surface area contributed by atoms with Gasteiger partial charge in [0.05, 0.1) is 29.4 Å². The van der Waals surface area contributed by atoms with Crippen molar-refractivity contribution >= 4 is 17.2 Å². The third-order valence-corrected chi connectivity index (χ3v) is 3.55. The zero-order chi connectivity index (χ0) is 15.2. The highest BCUT2D eigenvalue weighted by molar-refractivity contribution is 7.09. The number of nitrogens with zero attached hydrogens (tertiary/aromatic N) is 3. The van der Waals surface area contributed by atoms with E-state index in [4.69, 9.17) is 5.73 Å². The molecule has 0 aliphatic rings. The van der Waals surface area contributed by atoms with Crippen molar-refractivity contribution in [3.05, 3.63) is 45.7 Å². The lowest BCUT2D eigenvalue weighted by Gasteiger charge is -2.15. The quantitative estimate of drug-likeness (QED) is 0.870. The molecule has 0 aliphatic carbocycles. The average Bonchev–Trinajstić information content (AvgIpc) is 2.89. The average molecular weight is 300 g/mol. The number of aryl methyl sites for hydroxylation is 1. The van der Waals surface area contributed by atoms with Gasteiger partial charge in [-0.05, 0) is 13.0 Å². The SMILES string of the molecule is Cc1nc(CN(C)C(=O)c2cncc(C#CCN)c2)cs1. The molecule has 21 heavy (non-hydrogen) atoms. The van der Waals surface area contributed by atoms with Gasteiger partial charge in [-0.1, -0.05) is 11.8 Å². The van der Waals surface area contributed by atoms with Crippen LogP contribution in [0.4, 0.5) is 0 Å². The number of carbonyl (C=O) groups is 1. The molecule has 0 radical (unpaired) electrons. The zero-order valence-electron chi connectivity index (χ0n) is 12.0. The van der Waals surface area contributed by atoms with E-state index < -0.39 is 0 Å². The highest BCUT2D eigenvalue weighted by Crippen LogP contribution is 2.12. The molecule has 0 saturated heterocycles. The molecule has 0 atom stereocenters. The molecule has 5 nitrogen and oxygen atoms in total. The Balaban J connectivity index is 2.11. The molecular formula is C15H16N4OS. The van der Waals surface area contributed by atoms with Crippen LogP contribution < -0.4 is 5.73 Å². The van der Waals surface area contributed by atoms with Crippen molar-refractivity contribution < 1.29 is 4.79 Å². The lowest BCUT2D eigenvalue weighted by atomic mass is 10.2. The minimum absolute atomic E-state index is 0.107. The van der Waals surface area contributed by atoms with Gasteiger partial charge in [0, 0.05) is 30.4 Å². The van der Waals surface area contributed by atoms with Crippen LogP contribution in [0.3, 0.4) is 0 Å². The molecule has 0 aliphatic heterocycles. The summed E-state index contributed by atoms with van der Waals surface area (Å²) >= 11 is 1.57. The maximum atomic E-state index is 12.4. The molecule has 108 valence electrons. The van der Waals surface area contributed by atoms with Crippen LogP contribution in [-0.2, 0) is 6.54 Å². The van der Waals surface area contributed by atoms with Crippen LogP contribution in [0.1, 0.15) is 26.6 Å². The molecule has 0 saturated carbocycles. The van der Waals surface area contributed by atoms with Gasteiger partial charge in [-0.2, -0.15) is 0 Å². The topological polar surface area (TPSA) is 72.1 Å². The Bertz CT molecular complexity index is 699. The summed E-state index contributed by atoms with van der Waals surface area (Å²) in [7, 11) is 1.75. The molecule has 0 unspecified atom stereocenters. The smallest absolute Gasteiger partial charge is 0.255 e. The van der Waals surface area contributed by atoms with Crippen LogP contribution in [0.15, 0.2) is 23.8 Å². The molecule has 2 heterocycles. The first-order chi connectivity index (χ1) is 10.1. The van der Waals surface area contributed by atoms with Gasteiger partial charge in [0.25, 0.3) is 5.91 Å². The largest absolute Gasteiger partial charge is 0.336 e. The number of nitrogens with two attached hydrogens (primary N) is 1. The van der Waals surface area contributed by atoms with Gasteiger partial charge in [0.1, 0.15) is 0 Å². The van der Waals surface area contributed by atoms with Crippen molar-refractivity contribution in [1.82, 2.24) is 14.9 Å². The van der Waals surface area contributed by atoms with Crippen molar-refractivity contribution in [2.75, 3.05) is 13.6 Å². The van der Waals surface area contributed by atoms with E-state index in [0.29, 0.717) is 17.7 Å². The Kier molecular flexibility index (Phi) is 5.04. The lowest BCUT2D eigenvalue weighted by molar-refractivity contribution is 0.0783. The first kappa shape index (κ1) is 15.2. The molecule has 0 spiro atoms. The predicted molar refractivity (Wildman–Crippen MR) is 82.8 cm³/mol. The number of rotatable bonds is 3. The minimum Gasteiger partial charge on any atom is -0.336 e. The molecule has 0 aromatic carbocycles. The third-order valence-electron chi connectivity index (χ3n) is 2.73. The van der Waals surface area contributed by atoms with E-state index in [-0.39, 0.29) is 12.5 Å². The lowest BCUT2D eigenvalue weighted by Crippen LogP contribution is -2.26. The van der Waals surface area contributed by atoms with Crippen LogP contribution in [0, 0.1) is 18.8 Å². The summed E-state index contributed by atoms with van der Waals surface area (Å²) in [6.45, 7) is 2.70. The number of amides is 1. The summed E-state index contributed by atoms with van der Waals surface area (Å²) in [5.41, 5.74) is 7.42. The number of thiazole rings is 1. The van der Waals surface area contributed by atoms with Crippen molar-refractivity contribution in [3.8, 4) is 11.8 Å². The first-order valence-corrected chi connectivity index (χ1v) is 7.28. The Morgan fingerprint density at radius 3 is 2.95 bits per heavy atom. The second-order valence-electron chi connectivity index (χ2n) is 4.49. The monoisotopic (exact) mass is 300 g/mol. The van der Waals surface area contributed by atoms with Crippen LogP contribution in [0.5, 0.6) is 0 Å². The standard InChI is InChI=1S/C15H16N4OS/c1-11-18-14(10-21-11)9-19(2)15(20)13-6-12(4-3-5-16)7-17-8-13/h6-8,10H,5,9,16H2,1-2H3. The molecule has 2 rings (SSSR count). The van der Waals surface area contributed by atoms with E-state index in [1.165, 1.54) is 0 Å². The number of hydrogen-bond donors (Lipinski definition) is 1. The molecular weight excluding hydrogens is 284 g/mol. The summed E-state index contributed by atoms with van der Waals surface area (Å²) in [4.78, 5) is 22.4. The number of carbonyl (C=O) groups excluding carboxylic acids is 1. The third kappa shape index (κ3) is 4.12. The van der Waals surface area contributed by atoms with Gasteiger partial charge in [0.2, 0.25) is 0 Å². The van der Waals surface area contributed by atoms with Gasteiger partial charge in [-0.15, -0.1) is 11.3 Å². The molecule has 2 aromatic heterocycles. The molecule has 2 N–H and O–H groups in total. The first-order valence-electron chi connectivity index (χ1n) is 6.40. The van der Waals surface area contributed by atoms with E-state index in [1.807, 2.05) is 12.3 Å².